The van der Waals surface area contributed by atoms with Crippen molar-refractivity contribution in [3.8, 4) is 0 Å². The number of hydrogen-bond acceptors (Lipinski definition) is 5. The van der Waals surface area contributed by atoms with Crippen LogP contribution in [-0.4, -0.2) is 52.7 Å². The summed E-state index contributed by atoms with van der Waals surface area (Å²) in [6.07, 6.45) is 10.4. The van der Waals surface area contributed by atoms with Crippen molar-refractivity contribution in [3.63, 3.8) is 0 Å². The lowest BCUT2D eigenvalue weighted by Gasteiger charge is -2.32. The van der Waals surface area contributed by atoms with Crippen LogP contribution in [0.5, 0.6) is 0 Å². The molecular weight excluding hydrogens is 358 g/mol. The summed E-state index contributed by atoms with van der Waals surface area (Å²) in [6.45, 7) is 9.42. The summed E-state index contributed by atoms with van der Waals surface area (Å²) in [4.78, 5) is 23.0. The van der Waals surface area contributed by atoms with Crippen LogP contribution in [0.3, 0.4) is 0 Å². The standard InChI is InChI=1S/C21H29N3O2S/c1-21(2,3)26-20(25)24-11-7-15(8-12-24)19-22-17-9-13-23(16-5-4-6-16)14-10-18(17)27-19/h4-6,15H,7-14H2,1-3H3. The van der Waals surface area contributed by atoms with Gasteiger partial charge in [-0.1, -0.05) is 6.08 Å². The molecule has 0 saturated carbocycles. The Bertz CT molecular complexity index is 741. The van der Waals surface area contributed by atoms with Crippen LogP contribution in [0.1, 0.15) is 55.1 Å². The molecule has 1 aromatic rings. The summed E-state index contributed by atoms with van der Waals surface area (Å²) in [6, 6.07) is 0. The van der Waals surface area contributed by atoms with Crippen LogP contribution in [0.25, 0.3) is 0 Å². The molecule has 4 rings (SSSR count). The first-order chi connectivity index (χ1) is 12.9. The molecule has 0 radical (unpaired) electrons. The van der Waals surface area contributed by atoms with Gasteiger partial charge in [0.05, 0.1) is 10.7 Å². The number of piperidine rings is 1. The maximum atomic E-state index is 12.2. The van der Waals surface area contributed by atoms with E-state index in [-0.39, 0.29) is 6.09 Å². The Morgan fingerprint density at radius 2 is 1.89 bits per heavy atom. The van der Waals surface area contributed by atoms with E-state index in [1.807, 2.05) is 37.0 Å². The van der Waals surface area contributed by atoms with Crippen LogP contribution in [0, 0.1) is 0 Å². The molecule has 0 N–H and O–H groups in total. The summed E-state index contributed by atoms with van der Waals surface area (Å²) in [5.74, 6) is 0.481. The van der Waals surface area contributed by atoms with Crippen molar-refractivity contribution in [1.29, 1.82) is 0 Å². The number of fused-ring (bicyclic) bond motifs is 1. The van der Waals surface area contributed by atoms with Crippen molar-refractivity contribution in [1.82, 2.24) is 14.8 Å². The molecule has 0 bridgehead atoms. The Morgan fingerprint density at radius 3 is 2.52 bits per heavy atom. The van der Waals surface area contributed by atoms with Crippen LogP contribution in [0.2, 0.25) is 0 Å². The molecule has 3 aliphatic rings. The molecule has 1 saturated heterocycles. The van der Waals surface area contributed by atoms with Crippen LogP contribution >= 0.6 is 11.3 Å². The lowest BCUT2D eigenvalue weighted by atomic mass is 9.98. The molecular formula is C21H29N3O2S. The number of carbonyl (C=O) groups excluding carboxylic acids is 1. The molecule has 0 spiro atoms. The number of ether oxygens (including phenoxy) is 1. The second-order valence-electron chi connectivity index (χ2n) is 8.60. The molecule has 3 heterocycles. The van der Waals surface area contributed by atoms with Gasteiger partial charge in [0.2, 0.25) is 0 Å². The third-order valence-corrected chi connectivity index (χ3v) is 6.74. The number of rotatable bonds is 2. The van der Waals surface area contributed by atoms with E-state index in [2.05, 4.69) is 23.1 Å². The first-order valence-corrected chi connectivity index (χ1v) is 10.8. The molecule has 6 heteroatoms. The van der Waals surface area contributed by atoms with E-state index in [1.54, 1.807) is 0 Å². The third-order valence-electron chi connectivity index (χ3n) is 5.42. The minimum absolute atomic E-state index is 0.185. The van der Waals surface area contributed by atoms with Crippen molar-refractivity contribution in [3.05, 3.63) is 39.5 Å². The minimum Gasteiger partial charge on any atom is -0.444 e. The average molecular weight is 388 g/mol. The molecule has 0 atom stereocenters. The summed E-state index contributed by atoms with van der Waals surface area (Å²) >= 11 is 1.90. The number of nitrogens with zero attached hydrogens (tertiary/aromatic N) is 3. The number of thiazole rings is 1. The summed E-state index contributed by atoms with van der Waals surface area (Å²) in [7, 11) is 0. The van der Waals surface area contributed by atoms with E-state index in [4.69, 9.17) is 9.72 Å². The van der Waals surface area contributed by atoms with Gasteiger partial charge in [-0.15, -0.1) is 11.3 Å². The van der Waals surface area contributed by atoms with E-state index in [0.717, 1.165) is 51.9 Å². The fourth-order valence-corrected chi connectivity index (χ4v) is 5.11. The van der Waals surface area contributed by atoms with Gasteiger partial charge in [0, 0.05) is 55.5 Å². The third kappa shape index (κ3) is 4.21. The highest BCUT2D eigenvalue weighted by atomic mass is 32.1. The van der Waals surface area contributed by atoms with Crippen LogP contribution in [0.4, 0.5) is 4.79 Å². The van der Waals surface area contributed by atoms with Gasteiger partial charge in [-0.05, 0) is 45.8 Å². The first kappa shape index (κ1) is 18.5. The largest absolute Gasteiger partial charge is 0.444 e. The molecule has 1 aromatic heterocycles. The smallest absolute Gasteiger partial charge is 0.410 e. The zero-order valence-corrected chi connectivity index (χ0v) is 17.3. The van der Waals surface area contributed by atoms with Gasteiger partial charge in [0.15, 0.2) is 0 Å². The Morgan fingerprint density at radius 1 is 1.19 bits per heavy atom. The van der Waals surface area contributed by atoms with Gasteiger partial charge in [0.1, 0.15) is 5.60 Å². The van der Waals surface area contributed by atoms with Crippen LogP contribution in [-0.2, 0) is 17.6 Å². The number of carbonyl (C=O) groups is 1. The normalized spacial score (nSPS) is 20.6. The zero-order valence-electron chi connectivity index (χ0n) is 16.5. The van der Waals surface area contributed by atoms with Crippen molar-refractivity contribution in [2.24, 2.45) is 0 Å². The highest BCUT2D eigenvalue weighted by Crippen LogP contribution is 2.34. The second-order valence-corrected chi connectivity index (χ2v) is 9.72. The van der Waals surface area contributed by atoms with E-state index >= 15 is 0 Å². The van der Waals surface area contributed by atoms with Crippen molar-refractivity contribution in [2.75, 3.05) is 26.2 Å². The number of amides is 1. The van der Waals surface area contributed by atoms with Gasteiger partial charge < -0.3 is 14.5 Å². The number of hydrogen-bond donors (Lipinski definition) is 0. The minimum atomic E-state index is -0.431. The zero-order chi connectivity index (χ0) is 19.0. The molecule has 0 aromatic carbocycles. The fourth-order valence-electron chi connectivity index (χ4n) is 3.84. The highest BCUT2D eigenvalue weighted by Gasteiger charge is 2.30. The van der Waals surface area contributed by atoms with Crippen molar-refractivity contribution >= 4 is 17.4 Å². The van der Waals surface area contributed by atoms with Crippen molar-refractivity contribution in [2.45, 2.75) is 58.0 Å². The highest BCUT2D eigenvalue weighted by molar-refractivity contribution is 7.11. The van der Waals surface area contributed by atoms with Crippen LogP contribution < -0.4 is 0 Å². The van der Waals surface area contributed by atoms with Gasteiger partial charge in [-0.2, -0.15) is 0 Å². The molecule has 146 valence electrons. The summed E-state index contributed by atoms with van der Waals surface area (Å²) < 4.78 is 5.50. The Labute approximate surface area is 165 Å². The number of aromatic nitrogens is 1. The summed E-state index contributed by atoms with van der Waals surface area (Å²) in [5, 5.41) is 1.28. The first-order valence-electron chi connectivity index (χ1n) is 9.99. The SMILES string of the molecule is CC(C)(C)OC(=O)N1CCC(c2nc3c(s2)CCN(C2=CC=C2)CC3)CC1. The molecule has 1 aliphatic carbocycles. The Kier molecular flexibility index (Phi) is 5.01. The van der Waals surface area contributed by atoms with Crippen LogP contribution in [0.15, 0.2) is 23.9 Å². The van der Waals surface area contributed by atoms with Gasteiger partial charge in [-0.25, -0.2) is 9.78 Å². The lowest BCUT2D eigenvalue weighted by molar-refractivity contribution is 0.0205. The van der Waals surface area contributed by atoms with Gasteiger partial charge in [-0.3, -0.25) is 0 Å². The maximum Gasteiger partial charge on any atom is 0.410 e. The summed E-state index contributed by atoms with van der Waals surface area (Å²) in [5.41, 5.74) is 2.23. The maximum absolute atomic E-state index is 12.2. The van der Waals surface area contributed by atoms with Gasteiger partial charge in [0.25, 0.3) is 0 Å². The molecule has 5 nitrogen and oxygen atoms in total. The monoisotopic (exact) mass is 387 g/mol. The molecule has 2 aliphatic heterocycles. The topological polar surface area (TPSA) is 45.7 Å². The van der Waals surface area contributed by atoms with Gasteiger partial charge >= 0.3 is 6.09 Å². The average Bonchev–Trinajstić information content (AvgIpc) is 2.88. The van der Waals surface area contributed by atoms with E-state index in [1.165, 1.54) is 21.3 Å². The Balaban J connectivity index is 1.33. The van der Waals surface area contributed by atoms with Crippen molar-refractivity contribution < 1.29 is 9.53 Å². The lowest BCUT2D eigenvalue weighted by Crippen LogP contribution is -2.41. The predicted molar refractivity (Wildman–Crippen MR) is 108 cm³/mol. The molecule has 27 heavy (non-hydrogen) atoms. The quantitative estimate of drug-likeness (QED) is 0.766. The molecule has 0 unspecified atom stereocenters. The van der Waals surface area contributed by atoms with E-state index < -0.39 is 5.60 Å². The molecule has 1 fully saturated rings. The number of likely N-dealkylation sites (tertiary alicyclic amines) is 1. The number of allylic oxidation sites excluding steroid dienone is 3. The Hall–Kier alpha value is -1.82. The fraction of sp³-hybridized carbons (Fsp3) is 0.619. The van der Waals surface area contributed by atoms with E-state index in [9.17, 15) is 4.79 Å². The second kappa shape index (κ2) is 7.30. The predicted octanol–water partition coefficient (Wildman–Crippen LogP) is 4.11. The molecule has 1 amide bonds. The van der Waals surface area contributed by atoms with E-state index in [0.29, 0.717) is 5.92 Å².